The Hall–Kier alpha value is -2.28. The molecule has 0 aliphatic carbocycles. The predicted molar refractivity (Wildman–Crippen MR) is 65.7 cm³/mol. The molecule has 0 saturated heterocycles. The Morgan fingerprint density at radius 2 is 2.16 bits per heavy atom. The summed E-state index contributed by atoms with van der Waals surface area (Å²) in [5, 5.41) is 19.3. The van der Waals surface area contributed by atoms with Gasteiger partial charge in [0.25, 0.3) is 0 Å². The highest BCUT2D eigenvalue weighted by Crippen LogP contribution is 2.09. The number of nitrogens with zero attached hydrogens (tertiary/aromatic N) is 3. The van der Waals surface area contributed by atoms with Crippen molar-refractivity contribution in [2.45, 2.75) is 19.6 Å². The number of benzene rings is 1. The van der Waals surface area contributed by atoms with E-state index in [4.69, 9.17) is 0 Å². The van der Waals surface area contributed by atoms with Gasteiger partial charge < -0.3 is 10.4 Å². The highest BCUT2D eigenvalue weighted by molar-refractivity contribution is 5.90. The standard InChI is InChI=1S/C12H13FN4O2/c1-8(18)11-6-17(16-15-11)7-12(19)14-10-4-2-9(13)3-5-10/h2-6,8,18H,7H2,1H3,(H,14,19). The van der Waals surface area contributed by atoms with Crippen LogP contribution < -0.4 is 5.32 Å². The number of hydrogen-bond acceptors (Lipinski definition) is 4. The second-order valence-corrected chi connectivity index (χ2v) is 4.07. The number of aromatic nitrogens is 3. The van der Waals surface area contributed by atoms with Crippen molar-refractivity contribution < 1.29 is 14.3 Å². The van der Waals surface area contributed by atoms with Gasteiger partial charge in [0.2, 0.25) is 5.91 Å². The van der Waals surface area contributed by atoms with Crippen LogP contribution in [0.1, 0.15) is 18.7 Å². The van der Waals surface area contributed by atoms with Crippen LogP contribution in [-0.4, -0.2) is 26.0 Å². The summed E-state index contributed by atoms with van der Waals surface area (Å²) >= 11 is 0. The fourth-order valence-corrected chi connectivity index (χ4v) is 1.46. The van der Waals surface area contributed by atoms with E-state index in [9.17, 15) is 14.3 Å². The number of hydrogen-bond donors (Lipinski definition) is 2. The van der Waals surface area contributed by atoms with Gasteiger partial charge in [-0.05, 0) is 31.2 Å². The summed E-state index contributed by atoms with van der Waals surface area (Å²) in [7, 11) is 0. The number of anilines is 1. The van der Waals surface area contributed by atoms with Crippen molar-refractivity contribution in [3.05, 3.63) is 42.0 Å². The molecule has 1 atom stereocenters. The molecule has 0 saturated carbocycles. The minimum atomic E-state index is -0.728. The molecule has 19 heavy (non-hydrogen) atoms. The van der Waals surface area contributed by atoms with Crippen molar-refractivity contribution in [3.8, 4) is 0 Å². The molecule has 2 N–H and O–H groups in total. The van der Waals surface area contributed by atoms with Crippen molar-refractivity contribution in [1.29, 1.82) is 0 Å². The van der Waals surface area contributed by atoms with Gasteiger partial charge in [0.15, 0.2) is 0 Å². The van der Waals surface area contributed by atoms with Gasteiger partial charge in [0, 0.05) is 5.69 Å². The van der Waals surface area contributed by atoms with Crippen LogP contribution >= 0.6 is 0 Å². The summed E-state index contributed by atoms with van der Waals surface area (Å²) in [5.74, 6) is -0.676. The largest absolute Gasteiger partial charge is 0.387 e. The molecule has 7 heteroatoms. The average Bonchev–Trinajstić information content (AvgIpc) is 2.80. The summed E-state index contributed by atoms with van der Waals surface area (Å²) < 4.78 is 14.0. The van der Waals surface area contributed by atoms with Crippen LogP contribution in [0.3, 0.4) is 0 Å². The molecule has 1 heterocycles. The Bertz CT molecular complexity index is 565. The van der Waals surface area contributed by atoms with Gasteiger partial charge in [-0.2, -0.15) is 0 Å². The maximum atomic E-state index is 12.7. The molecule has 0 radical (unpaired) electrons. The van der Waals surface area contributed by atoms with E-state index in [0.717, 1.165) is 0 Å². The van der Waals surface area contributed by atoms with Crippen molar-refractivity contribution >= 4 is 11.6 Å². The summed E-state index contributed by atoms with van der Waals surface area (Å²) in [5.41, 5.74) is 0.900. The lowest BCUT2D eigenvalue weighted by atomic mass is 10.3. The quantitative estimate of drug-likeness (QED) is 0.866. The van der Waals surface area contributed by atoms with Crippen molar-refractivity contribution in [1.82, 2.24) is 15.0 Å². The number of amides is 1. The van der Waals surface area contributed by atoms with E-state index in [1.807, 2.05) is 0 Å². The topological polar surface area (TPSA) is 80.0 Å². The lowest BCUT2D eigenvalue weighted by molar-refractivity contribution is -0.116. The Morgan fingerprint density at radius 1 is 1.47 bits per heavy atom. The maximum Gasteiger partial charge on any atom is 0.246 e. The van der Waals surface area contributed by atoms with Gasteiger partial charge in [0.05, 0.1) is 12.3 Å². The van der Waals surface area contributed by atoms with E-state index in [1.165, 1.54) is 35.1 Å². The molecule has 100 valence electrons. The fraction of sp³-hybridized carbons (Fsp3) is 0.250. The third-order valence-electron chi connectivity index (χ3n) is 2.42. The van der Waals surface area contributed by atoms with Crippen molar-refractivity contribution in [2.24, 2.45) is 0 Å². The SMILES string of the molecule is CC(O)c1cn(CC(=O)Nc2ccc(F)cc2)nn1. The second kappa shape index (κ2) is 5.57. The van der Waals surface area contributed by atoms with Gasteiger partial charge in [-0.3, -0.25) is 4.79 Å². The summed E-state index contributed by atoms with van der Waals surface area (Å²) in [6.07, 6.45) is 0.767. The first-order valence-corrected chi connectivity index (χ1v) is 5.68. The third kappa shape index (κ3) is 3.59. The van der Waals surface area contributed by atoms with Crippen LogP contribution in [0.4, 0.5) is 10.1 Å². The van der Waals surface area contributed by atoms with Crippen molar-refractivity contribution in [3.63, 3.8) is 0 Å². The number of nitrogens with one attached hydrogen (secondary N) is 1. The molecular weight excluding hydrogens is 251 g/mol. The van der Waals surface area contributed by atoms with Gasteiger partial charge in [0.1, 0.15) is 18.1 Å². The molecule has 1 aromatic carbocycles. The van der Waals surface area contributed by atoms with Gasteiger partial charge in [-0.25, -0.2) is 9.07 Å². The van der Waals surface area contributed by atoms with Gasteiger partial charge >= 0.3 is 0 Å². The van der Waals surface area contributed by atoms with Crippen LogP contribution in [0.15, 0.2) is 30.5 Å². The van der Waals surface area contributed by atoms with E-state index in [1.54, 1.807) is 6.92 Å². The number of carbonyl (C=O) groups is 1. The summed E-state index contributed by atoms with van der Waals surface area (Å²) in [6, 6.07) is 5.46. The van der Waals surface area contributed by atoms with Gasteiger partial charge in [-0.1, -0.05) is 5.21 Å². The smallest absolute Gasteiger partial charge is 0.246 e. The first kappa shape index (κ1) is 13.2. The minimum absolute atomic E-state index is 0.0307. The molecule has 0 fully saturated rings. The molecule has 0 bridgehead atoms. The number of rotatable bonds is 4. The first-order valence-electron chi connectivity index (χ1n) is 5.68. The number of carbonyl (C=O) groups excluding carboxylic acids is 1. The normalized spacial score (nSPS) is 12.2. The highest BCUT2D eigenvalue weighted by atomic mass is 19.1. The molecule has 6 nitrogen and oxygen atoms in total. The van der Waals surface area contributed by atoms with Crippen molar-refractivity contribution in [2.75, 3.05) is 5.32 Å². The van der Waals surface area contributed by atoms with E-state index in [2.05, 4.69) is 15.6 Å². The Balaban J connectivity index is 1.95. The number of aliphatic hydroxyl groups excluding tert-OH is 1. The molecule has 2 rings (SSSR count). The zero-order valence-electron chi connectivity index (χ0n) is 10.2. The molecule has 2 aromatic rings. The fourth-order valence-electron chi connectivity index (χ4n) is 1.46. The molecule has 0 spiro atoms. The van der Waals surface area contributed by atoms with E-state index < -0.39 is 6.10 Å². The van der Waals surface area contributed by atoms with Crippen LogP contribution in [0.25, 0.3) is 0 Å². The van der Waals surface area contributed by atoms with E-state index in [-0.39, 0.29) is 18.3 Å². The molecule has 1 aromatic heterocycles. The monoisotopic (exact) mass is 264 g/mol. The Kier molecular flexibility index (Phi) is 3.86. The molecule has 1 unspecified atom stereocenters. The lowest BCUT2D eigenvalue weighted by Crippen LogP contribution is -2.19. The van der Waals surface area contributed by atoms with Gasteiger partial charge in [-0.15, -0.1) is 5.10 Å². The highest BCUT2D eigenvalue weighted by Gasteiger charge is 2.09. The Labute approximate surface area is 108 Å². The van der Waals surface area contributed by atoms with Crippen LogP contribution in [0, 0.1) is 5.82 Å². The average molecular weight is 264 g/mol. The molecule has 0 aliphatic rings. The third-order valence-corrected chi connectivity index (χ3v) is 2.42. The molecular formula is C12H13FN4O2. The zero-order chi connectivity index (χ0) is 13.8. The minimum Gasteiger partial charge on any atom is -0.387 e. The summed E-state index contributed by atoms with van der Waals surface area (Å²) in [6.45, 7) is 1.53. The lowest BCUT2D eigenvalue weighted by Gasteiger charge is -2.04. The predicted octanol–water partition coefficient (Wildman–Crippen LogP) is 1.11. The first-order chi connectivity index (χ1) is 9.04. The zero-order valence-corrected chi connectivity index (χ0v) is 10.2. The van der Waals surface area contributed by atoms with E-state index in [0.29, 0.717) is 11.4 Å². The van der Waals surface area contributed by atoms with Crippen LogP contribution in [-0.2, 0) is 11.3 Å². The van der Waals surface area contributed by atoms with Crippen LogP contribution in [0.5, 0.6) is 0 Å². The Morgan fingerprint density at radius 3 is 2.74 bits per heavy atom. The van der Waals surface area contributed by atoms with Crippen LogP contribution in [0.2, 0.25) is 0 Å². The second-order valence-electron chi connectivity index (χ2n) is 4.07. The maximum absolute atomic E-state index is 12.7. The molecule has 0 aliphatic heterocycles. The summed E-state index contributed by atoms with van der Waals surface area (Å²) in [4.78, 5) is 11.7. The van der Waals surface area contributed by atoms with E-state index >= 15 is 0 Å². The number of aliphatic hydroxyl groups is 1. The molecule has 1 amide bonds. The number of halogens is 1.